The van der Waals surface area contributed by atoms with Gasteiger partial charge in [0.15, 0.2) is 5.78 Å². The zero-order valence-corrected chi connectivity index (χ0v) is 48.7. The molecule has 2 atom stereocenters. The van der Waals surface area contributed by atoms with E-state index in [0.717, 1.165) is 97.6 Å². The zero-order chi connectivity index (χ0) is 58.8. The van der Waals surface area contributed by atoms with Gasteiger partial charge >= 0.3 is 0 Å². The lowest BCUT2D eigenvalue weighted by atomic mass is 9.83. The molecular weight excluding hydrogens is 1120 g/mol. The Morgan fingerprint density at radius 2 is 0.795 bits per heavy atom. The van der Waals surface area contributed by atoms with Crippen molar-refractivity contribution in [2.24, 2.45) is 5.73 Å². The van der Waals surface area contributed by atoms with Crippen LogP contribution < -0.4 is 5.73 Å². The maximum absolute atomic E-state index is 12.6. The molecule has 8 aromatic carbocycles. The van der Waals surface area contributed by atoms with Crippen molar-refractivity contribution in [3.63, 3.8) is 0 Å². The highest BCUT2D eigenvalue weighted by molar-refractivity contribution is 7.92. The Labute approximate surface area is 487 Å². The standard InChI is InChI=1S/C17H19NO2S.C17H15NO2S.C17H13NO2S.C16H14O3S/c3*18-12-14-6-4-5-13-11-16(9-10-17(13)14)21(19,20)15-7-2-1-3-8-15;17-16-8-4-5-12-11-14(9-10-15(12)16)20(18,19)13-6-2-1-3-7-13/h1-3,7-11,14H,4-6,12,18H2;1-3,7-11,14H,4-6H2;1-3,6-11H,4-5H2;1-3,6-7,9-11H,4-5,8H2. The van der Waals surface area contributed by atoms with Crippen LogP contribution in [-0.4, -0.2) is 46.0 Å². The number of aryl methyl sites for hydroxylation is 4. The van der Waals surface area contributed by atoms with Crippen LogP contribution in [0.5, 0.6) is 0 Å². The number of nitriles is 2. The molecule has 0 heterocycles. The number of Topliss-reactive ketones (excluding diaryl/α,β-unsaturated/α-hetero) is 1. The van der Waals surface area contributed by atoms with Crippen LogP contribution in [0.25, 0.3) is 5.57 Å². The van der Waals surface area contributed by atoms with E-state index in [1.54, 1.807) is 170 Å². The maximum Gasteiger partial charge on any atom is 0.206 e. The smallest absolute Gasteiger partial charge is 0.206 e. The molecule has 0 saturated heterocycles. The van der Waals surface area contributed by atoms with Gasteiger partial charge in [-0.15, -0.1) is 0 Å². The number of allylic oxidation sites excluding steroid dienone is 2. The van der Waals surface area contributed by atoms with Crippen LogP contribution in [-0.2, 0) is 65.0 Å². The second-order valence-corrected chi connectivity index (χ2v) is 28.4. The molecule has 0 radical (unpaired) electrons. The summed E-state index contributed by atoms with van der Waals surface area (Å²) < 4.78 is 101. The van der Waals surface area contributed by atoms with E-state index in [1.165, 1.54) is 11.6 Å². The summed E-state index contributed by atoms with van der Waals surface area (Å²) in [6.07, 6.45) is 11.3. The quantitative estimate of drug-likeness (QED) is 0.142. The maximum atomic E-state index is 12.6. The summed E-state index contributed by atoms with van der Waals surface area (Å²) >= 11 is 0. The van der Waals surface area contributed by atoms with Crippen molar-refractivity contribution < 1.29 is 38.5 Å². The fraction of sp³-hybridized carbons (Fsp3) is 0.209. The summed E-state index contributed by atoms with van der Waals surface area (Å²) in [7, 11) is -13.9. The Bertz CT molecular complexity index is 4280. The third-order valence-corrected chi connectivity index (χ3v) is 22.4. The first-order valence-electron chi connectivity index (χ1n) is 27.4. The summed E-state index contributed by atoms with van der Waals surface area (Å²) in [5.74, 6) is 0.361. The molecule has 422 valence electrons. The minimum atomic E-state index is -3.50. The van der Waals surface area contributed by atoms with E-state index in [0.29, 0.717) is 49.6 Å². The van der Waals surface area contributed by atoms with E-state index in [2.05, 4.69) is 12.1 Å². The number of benzene rings is 8. The van der Waals surface area contributed by atoms with Crippen molar-refractivity contribution in [3.8, 4) is 12.1 Å². The van der Waals surface area contributed by atoms with E-state index in [-0.39, 0.29) is 31.3 Å². The molecule has 83 heavy (non-hydrogen) atoms. The number of carbonyl (C=O) groups is 1. The lowest BCUT2D eigenvalue weighted by Crippen LogP contribution is -2.18. The number of fused-ring (bicyclic) bond motifs is 4. The fourth-order valence-electron chi connectivity index (χ4n) is 10.9. The predicted molar refractivity (Wildman–Crippen MR) is 319 cm³/mol. The Kier molecular flexibility index (Phi) is 18.7. The normalized spacial score (nSPS) is 16.2. The van der Waals surface area contributed by atoms with Crippen LogP contribution in [0.4, 0.5) is 0 Å². The number of rotatable bonds is 9. The average Bonchev–Trinajstić information content (AvgIpc) is 3.49. The summed E-state index contributed by atoms with van der Waals surface area (Å²) in [4.78, 5) is 14.2. The Morgan fingerprint density at radius 3 is 1.24 bits per heavy atom. The molecule has 2 N–H and O–H groups in total. The van der Waals surface area contributed by atoms with Crippen molar-refractivity contribution in [2.75, 3.05) is 6.54 Å². The van der Waals surface area contributed by atoms with Gasteiger partial charge < -0.3 is 5.73 Å². The predicted octanol–water partition coefficient (Wildman–Crippen LogP) is 12.8. The summed E-state index contributed by atoms with van der Waals surface area (Å²) in [5.41, 5.74) is 14.0. The molecule has 0 spiro atoms. The Hall–Kier alpha value is -8.09. The molecule has 0 fully saturated rings. The lowest BCUT2D eigenvalue weighted by Gasteiger charge is -2.24. The van der Waals surface area contributed by atoms with Gasteiger partial charge in [-0.1, -0.05) is 97.1 Å². The number of carbonyl (C=O) groups excluding carboxylic acids is 1. The van der Waals surface area contributed by atoms with Gasteiger partial charge in [0.25, 0.3) is 0 Å². The van der Waals surface area contributed by atoms with Gasteiger partial charge in [0.05, 0.1) is 62.8 Å². The highest BCUT2D eigenvalue weighted by atomic mass is 32.2. The third kappa shape index (κ3) is 13.2. The lowest BCUT2D eigenvalue weighted by molar-refractivity contribution is 0.0972. The molecule has 0 amide bonds. The number of hydrogen-bond acceptors (Lipinski definition) is 12. The van der Waals surface area contributed by atoms with E-state index >= 15 is 0 Å². The molecule has 0 saturated carbocycles. The summed E-state index contributed by atoms with van der Waals surface area (Å²) in [6, 6.07) is 58.7. The van der Waals surface area contributed by atoms with Crippen LogP contribution >= 0.6 is 0 Å². The van der Waals surface area contributed by atoms with Gasteiger partial charge in [0, 0.05) is 12.0 Å². The SMILES string of the molecule is N#CC1=CCCc2cc(S(=O)(=O)c3ccccc3)ccc21.N#CC1CCCc2cc(S(=O)(=O)c3ccccc3)ccc21.NCC1CCCc2cc(S(=O)(=O)c3ccccc3)ccc21.O=C1CCCc2cc(S(=O)(=O)c3ccccc3)ccc21. The second kappa shape index (κ2) is 26.0. The van der Waals surface area contributed by atoms with Gasteiger partial charge in [0.1, 0.15) is 0 Å². The van der Waals surface area contributed by atoms with Crippen molar-refractivity contribution in [1.29, 1.82) is 10.5 Å². The van der Waals surface area contributed by atoms with Gasteiger partial charge in [0.2, 0.25) is 39.3 Å². The van der Waals surface area contributed by atoms with E-state index < -0.39 is 39.3 Å². The molecule has 0 bridgehead atoms. The molecule has 2 unspecified atom stereocenters. The van der Waals surface area contributed by atoms with Gasteiger partial charge in [-0.05, 0) is 219 Å². The van der Waals surface area contributed by atoms with Crippen LogP contribution in [0.3, 0.4) is 0 Å². The second-order valence-electron chi connectivity index (χ2n) is 20.6. The molecule has 0 aromatic heterocycles. The summed E-state index contributed by atoms with van der Waals surface area (Å²) in [6.45, 7) is 0.623. The van der Waals surface area contributed by atoms with Crippen molar-refractivity contribution in [2.45, 2.75) is 122 Å². The number of nitrogens with zero attached hydrogens (tertiary/aromatic N) is 2. The molecule has 16 heteroatoms. The topological polar surface area (TPSA) is 227 Å². The molecule has 12 nitrogen and oxygen atoms in total. The number of hydrogen-bond donors (Lipinski definition) is 1. The third-order valence-electron chi connectivity index (χ3n) is 15.4. The van der Waals surface area contributed by atoms with Gasteiger partial charge in [-0.2, -0.15) is 10.5 Å². The molecule has 4 aliphatic carbocycles. The molecule has 12 rings (SSSR count). The zero-order valence-electron chi connectivity index (χ0n) is 45.5. The minimum Gasteiger partial charge on any atom is -0.330 e. The molecular formula is C67H61N3O9S4. The average molecular weight is 1180 g/mol. The van der Waals surface area contributed by atoms with Crippen molar-refractivity contribution in [1.82, 2.24) is 0 Å². The first-order chi connectivity index (χ1) is 40.0. The molecule has 4 aliphatic rings. The Balaban J connectivity index is 0.000000133. The first-order valence-corrected chi connectivity index (χ1v) is 33.4. The molecule has 8 aromatic rings. The van der Waals surface area contributed by atoms with E-state index in [9.17, 15) is 43.7 Å². The fourth-order valence-corrected chi connectivity index (χ4v) is 16.3. The van der Waals surface area contributed by atoms with E-state index in [4.69, 9.17) is 11.0 Å². The van der Waals surface area contributed by atoms with Crippen molar-refractivity contribution in [3.05, 3.63) is 245 Å². The van der Waals surface area contributed by atoms with Crippen LogP contribution in [0.2, 0.25) is 0 Å². The van der Waals surface area contributed by atoms with Crippen molar-refractivity contribution >= 4 is 50.7 Å². The van der Waals surface area contributed by atoms with Gasteiger partial charge in [-0.3, -0.25) is 4.79 Å². The highest BCUT2D eigenvalue weighted by Crippen LogP contribution is 2.36. The van der Waals surface area contributed by atoms with Crippen LogP contribution in [0.1, 0.15) is 106 Å². The number of sulfone groups is 4. The number of ketones is 1. The first kappa shape index (κ1) is 59.5. The summed E-state index contributed by atoms with van der Waals surface area (Å²) in [5, 5.41) is 18.3. The Morgan fingerprint density at radius 1 is 0.410 bits per heavy atom. The van der Waals surface area contributed by atoms with E-state index in [1.807, 2.05) is 24.3 Å². The van der Waals surface area contributed by atoms with Crippen LogP contribution in [0, 0.1) is 22.7 Å². The van der Waals surface area contributed by atoms with Gasteiger partial charge in [-0.25, -0.2) is 33.7 Å². The minimum absolute atomic E-state index is 0.106. The molecule has 0 aliphatic heterocycles. The number of nitrogens with two attached hydrogens (primary N) is 1. The monoisotopic (exact) mass is 1180 g/mol. The van der Waals surface area contributed by atoms with Crippen LogP contribution in [0.15, 0.2) is 239 Å². The largest absolute Gasteiger partial charge is 0.330 e. The highest BCUT2D eigenvalue weighted by Gasteiger charge is 2.27.